The van der Waals surface area contributed by atoms with E-state index in [0.29, 0.717) is 36.1 Å². The van der Waals surface area contributed by atoms with Crippen molar-refractivity contribution in [3.8, 4) is 11.1 Å². The highest BCUT2D eigenvalue weighted by Gasteiger charge is 2.24. The molecule has 0 bridgehead atoms. The normalized spacial score (nSPS) is 12.5. The molecule has 0 radical (unpaired) electrons. The minimum absolute atomic E-state index is 0.0390. The molecule has 0 saturated heterocycles. The average molecular weight is 619 g/mol. The largest absolute Gasteiger partial charge is 0.340 e. The molecular weight excluding hydrogens is 574 g/mol. The van der Waals surface area contributed by atoms with E-state index in [1.807, 2.05) is 90.8 Å². The molecule has 1 fully saturated rings. The lowest BCUT2D eigenvalue weighted by Gasteiger charge is -2.31. The van der Waals surface area contributed by atoms with Crippen molar-refractivity contribution >= 4 is 17.2 Å². The lowest BCUT2D eigenvalue weighted by atomic mass is 9.96. The molecule has 1 amide bonds. The molecule has 5 rings (SSSR count). The third-order valence-corrected chi connectivity index (χ3v) is 8.96. The topological polar surface area (TPSA) is 23.6 Å². The van der Waals surface area contributed by atoms with Crippen LogP contribution in [0.4, 0.5) is 14.5 Å². The number of likely N-dealkylation sites (N-methyl/N-ethyl adjacent to an activating group) is 1. The van der Waals surface area contributed by atoms with E-state index in [0.717, 1.165) is 46.5 Å². The number of hydrogen-bond donors (Lipinski definition) is 0. The van der Waals surface area contributed by atoms with Crippen molar-refractivity contribution in [1.29, 1.82) is 0 Å². The molecule has 5 heteroatoms. The van der Waals surface area contributed by atoms with Crippen LogP contribution in [0.1, 0.15) is 67.9 Å². The lowest BCUT2D eigenvalue weighted by Crippen LogP contribution is -2.38. The predicted octanol–water partition coefficient (Wildman–Crippen LogP) is 10.2. The Bertz CT molecular complexity index is 1740. The van der Waals surface area contributed by atoms with Gasteiger partial charge in [-0.15, -0.1) is 0 Å². The molecule has 3 nitrogen and oxygen atoms in total. The molecule has 4 aromatic rings. The van der Waals surface area contributed by atoms with Gasteiger partial charge in [-0.05, 0) is 98.4 Å². The van der Waals surface area contributed by atoms with Crippen LogP contribution in [0.25, 0.3) is 16.7 Å². The Balaban J connectivity index is 1.32. The first kappa shape index (κ1) is 32.9. The van der Waals surface area contributed by atoms with Crippen LogP contribution in [-0.2, 0) is 23.4 Å². The van der Waals surface area contributed by atoms with Crippen LogP contribution in [0.15, 0.2) is 109 Å². The van der Waals surface area contributed by atoms with Gasteiger partial charge in [-0.1, -0.05) is 97.1 Å². The Labute approximate surface area is 272 Å². The van der Waals surface area contributed by atoms with Gasteiger partial charge in [0.25, 0.3) is 0 Å². The minimum Gasteiger partial charge on any atom is -0.340 e. The van der Waals surface area contributed by atoms with E-state index < -0.39 is 5.67 Å². The first-order valence-electron chi connectivity index (χ1n) is 16.0. The summed E-state index contributed by atoms with van der Waals surface area (Å²) in [5, 5.41) is 0. The first-order valence-corrected chi connectivity index (χ1v) is 16.0. The SMILES string of the molecule is C=C(CCc1cccc(C)c1F)N(CC(=O)N(C)Cc1ccc(-c2ccc(C(C)(C)F)cc2)cc1)c1ccccc1C(C)=C1CC1. The number of alkyl halides is 1. The number of carbonyl (C=O) groups excluding carboxylic acids is 1. The second-order valence-electron chi connectivity index (χ2n) is 12.9. The molecule has 0 spiro atoms. The number of para-hydroxylation sites is 1. The van der Waals surface area contributed by atoms with Gasteiger partial charge in [-0.2, -0.15) is 0 Å². The Hall–Kier alpha value is -4.51. The molecular formula is C41H44F2N2O. The van der Waals surface area contributed by atoms with Crippen LogP contribution in [0, 0.1) is 12.7 Å². The van der Waals surface area contributed by atoms with Crippen LogP contribution < -0.4 is 4.90 Å². The lowest BCUT2D eigenvalue weighted by molar-refractivity contribution is -0.128. The molecule has 0 aromatic heterocycles. The monoisotopic (exact) mass is 618 g/mol. The number of allylic oxidation sites excluding steroid dienone is 3. The molecule has 1 aliphatic rings. The van der Waals surface area contributed by atoms with E-state index in [4.69, 9.17) is 0 Å². The van der Waals surface area contributed by atoms with Gasteiger partial charge in [0.2, 0.25) is 5.91 Å². The van der Waals surface area contributed by atoms with Crippen molar-refractivity contribution < 1.29 is 13.6 Å². The zero-order valence-electron chi connectivity index (χ0n) is 27.7. The van der Waals surface area contributed by atoms with Crippen molar-refractivity contribution in [2.75, 3.05) is 18.5 Å². The highest BCUT2D eigenvalue weighted by atomic mass is 19.1. The van der Waals surface area contributed by atoms with Gasteiger partial charge < -0.3 is 9.80 Å². The number of carbonyl (C=O) groups is 1. The van der Waals surface area contributed by atoms with Gasteiger partial charge in [0.05, 0.1) is 0 Å². The number of rotatable bonds is 12. The van der Waals surface area contributed by atoms with Crippen LogP contribution in [0.2, 0.25) is 0 Å². The second kappa shape index (κ2) is 13.9. The quantitative estimate of drug-likeness (QED) is 0.158. The van der Waals surface area contributed by atoms with Gasteiger partial charge in [-0.3, -0.25) is 4.79 Å². The summed E-state index contributed by atoms with van der Waals surface area (Å²) in [6.45, 7) is 12.0. The predicted molar refractivity (Wildman–Crippen MR) is 187 cm³/mol. The smallest absolute Gasteiger partial charge is 0.242 e. The molecule has 238 valence electrons. The van der Waals surface area contributed by atoms with Crippen molar-refractivity contribution in [2.45, 2.75) is 65.6 Å². The van der Waals surface area contributed by atoms with Crippen molar-refractivity contribution in [3.05, 3.63) is 142 Å². The highest BCUT2D eigenvalue weighted by molar-refractivity contribution is 5.86. The minimum atomic E-state index is -1.38. The third kappa shape index (κ3) is 7.82. The van der Waals surface area contributed by atoms with Crippen molar-refractivity contribution in [1.82, 2.24) is 4.90 Å². The summed E-state index contributed by atoms with van der Waals surface area (Å²) in [5.41, 5.74) is 9.12. The summed E-state index contributed by atoms with van der Waals surface area (Å²) < 4.78 is 29.1. The molecule has 1 saturated carbocycles. The zero-order chi connectivity index (χ0) is 33.0. The Kier molecular flexibility index (Phi) is 9.91. The molecule has 0 N–H and O–H groups in total. The zero-order valence-corrected chi connectivity index (χ0v) is 27.7. The molecule has 46 heavy (non-hydrogen) atoms. The number of nitrogens with zero attached hydrogens (tertiary/aromatic N) is 2. The van der Waals surface area contributed by atoms with E-state index in [-0.39, 0.29) is 18.3 Å². The summed E-state index contributed by atoms with van der Waals surface area (Å²) in [5.74, 6) is -0.220. The summed E-state index contributed by atoms with van der Waals surface area (Å²) in [6.07, 6.45) is 3.23. The molecule has 0 atom stereocenters. The Morgan fingerprint density at radius 1 is 0.891 bits per heavy atom. The van der Waals surface area contributed by atoms with E-state index in [2.05, 4.69) is 19.6 Å². The van der Waals surface area contributed by atoms with Gasteiger partial charge in [0, 0.05) is 30.5 Å². The molecule has 0 aliphatic heterocycles. The first-order chi connectivity index (χ1) is 21.9. The number of benzene rings is 4. The van der Waals surface area contributed by atoms with Crippen LogP contribution >= 0.6 is 0 Å². The molecule has 1 aliphatic carbocycles. The average Bonchev–Trinajstić information content (AvgIpc) is 3.90. The Morgan fingerprint density at radius 3 is 2.15 bits per heavy atom. The van der Waals surface area contributed by atoms with E-state index >= 15 is 0 Å². The summed E-state index contributed by atoms with van der Waals surface area (Å²) in [6, 6.07) is 29.3. The van der Waals surface area contributed by atoms with Crippen molar-refractivity contribution in [2.24, 2.45) is 0 Å². The Morgan fingerprint density at radius 2 is 1.52 bits per heavy atom. The van der Waals surface area contributed by atoms with Gasteiger partial charge in [-0.25, -0.2) is 8.78 Å². The van der Waals surface area contributed by atoms with E-state index in [1.54, 1.807) is 31.7 Å². The maximum Gasteiger partial charge on any atom is 0.242 e. The maximum atomic E-state index is 14.8. The van der Waals surface area contributed by atoms with Crippen LogP contribution in [0.5, 0.6) is 0 Å². The third-order valence-electron chi connectivity index (χ3n) is 8.96. The van der Waals surface area contributed by atoms with Crippen LogP contribution in [-0.4, -0.2) is 24.4 Å². The molecule has 0 heterocycles. The van der Waals surface area contributed by atoms with Crippen LogP contribution in [0.3, 0.4) is 0 Å². The van der Waals surface area contributed by atoms with E-state index in [1.165, 1.54) is 11.1 Å². The number of halogens is 2. The number of amides is 1. The van der Waals surface area contributed by atoms with Gasteiger partial charge in [0.1, 0.15) is 18.0 Å². The number of aryl methyl sites for hydroxylation is 2. The van der Waals surface area contributed by atoms with E-state index in [9.17, 15) is 13.6 Å². The summed E-state index contributed by atoms with van der Waals surface area (Å²) >= 11 is 0. The summed E-state index contributed by atoms with van der Waals surface area (Å²) in [7, 11) is 1.82. The van der Waals surface area contributed by atoms with Gasteiger partial charge in [0.15, 0.2) is 0 Å². The molecule has 0 unspecified atom stereocenters. The van der Waals surface area contributed by atoms with Crippen molar-refractivity contribution in [3.63, 3.8) is 0 Å². The number of hydrogen-bond acceptors (Lipinski definition) is 2. The van der Waals surface area contributed by atoms with Gasteiger partial charge >= 0.3 is 0 Å². The number of anilines is 1. The maximum absolute atomic E-state index is 14.8. The second-order valence-corrected chi connectivity index (χ2v) is 12.9. The fourth-order valence-electron chi connectivity index (χ4n) is 5.82. The molecule has 4 aromatic carbocycles. The fourth-order valence-corrected chi connectivity index (χ4v) is 5.82. The summed E-state index contributed by atoms with van der Waals surface area (Å²) in [4.78, 5) is 17.5. The highest BCUT2D eigenvalue weighted by Crippen LogP contribution is 2.40. The fraction of sp³-hybridized carbons (Fsp3) is 0.293. The standard InChI is InChI=1S/C41H44F2N2O/c1-28-10-9-11-35(40(28)42)17-14-29(2)45(38-13-8-7-12-37(38)30(3)32-20-21-32)27-39(46)44(6)26-31-15-18-33(19-16-31)34-22-24-36(25-23-34)41(4,5)43/h7-13,15-16,18-19,22-25H,2,14,17,20-21,26-27H2,1,3-6H3.